The van der Waals surface area contributed by atoms with Crippen molar-refractivity contribution in [2.75, 3.05) is 10.2 Å². The van der Waals surface area contributed by atoms with Crippen molar-refractivity contribution in [1.29, 1.82) is 0 Å². The summed E-state index contributed by atoms with van der Waals surface area (Å²) in [7, 11) is 0. The summed E-state index contributed by atoms with van der Waals surface area (Å²) < 4.78 is 2.16. The lowest BCUT2D eigenvalue weighted by Crippen LogP contribution is -2.30. The van der Waals surface area contributed by atoms with Gasteiger partial charge in [-0.3, -0.25) is 9.59 Å². The zero-order valence-corrected chi connectivity index (χ0v) is 19.6. The standard InChI is InChI=1S/C26H22ClN3O2S/c1-17-18(10-12-33-17)14-25(31)28-23-9-8-19(13-22(23)27)26(32)30-16-21-6-4-11-29(21)15-20-5-2-3-7-24(20)30/h2-13H,14-16H2,1H3,(H,28,31). The number of para-hydroxylation sites is 1. The number of carbonyl (C=O) groups is 2. The van der Waals surface area contributed by atoms with Crippen LogP contribution in [0.2, 0.25) is 5.02 Å². The van der Waals surface area contributed by atoms with Gasteiger partial charge in [-0.1, -0.05) is 29.8 Å². The fraction of sp³-hybridized carbons (Fsp3) is 0.154. The molecule has 5 nitrogen and oxygen atoms in total. The molecule has 0 spiro atoms. The van der Waals surface area contributed by atoms with E-state index in [0.717, 1.165) is 33.9 Å². The van der Waals surface area contributed by atoms with Crippen LogP contribution >= 0.6 is 22.9 Å². The first-order chi connectivity index (χ1) is 16.0. The maximum atomic E-state index is 13.6. The van der Waals surface area contributed by atoms with Crippen LogP contribution in [-0.4, -0.2) is 16.4 Å². The zero-order chi connectivity index (χ0) is 22.9. The number of carbonyl (C=O) groups excluding carboxylic acids is 2. The molecule has 7 heteroatoms. The molecule has 5 rings (SSSR count). The molecule has 166 valence electrons. The second-order valence-corrected chi connectivity index (χ2v) is 9.60. The lowest BCUT2D eigenvalue weighted by atomic mass is 10.1. The number of anilines is 2. The van der Waals surface area contributed by atoms with Gasteiger partial charge in [-0.25, -0.2) is 0 Å². The van der Waals surface area contributed by atoms with E-state index in [1.165, 1.54) is 0 Å². The molecule has 0 radical (unpaired) electrons. The third kappa shape index (κ3) is 4.32. The number of halogens is 1. The van der Waals surface area contributed by atoms with E-state index in [1.807, 2.05) is 61.0 Å². The molecule has 1 aliphatic rings. The Labute approximate surface area is 201 Å². The minimum absolute atomic E-state index is 0.134. The summed E-state index contributed by atoms with van der Waals surface area (Å²) in [6.45, 7) is 3.19. The first-order valence-electron chi connectivity index (χ1n) is 10.7. The summed E-state index contributed by atoms with van der Waals surface area (Å²) in [5.41, 5.74) is 5.02. The molecule has 2 aromatic heterocycles. The van der Waals surface area contributed by atoms with Crippen molar-refractivity contribution < 1.29 is 9.59 Å². The Bertz CT molecular complexity index is 1360. The highest BCUT2D eigenvalue weighted by Crippen LogP contribution is 2.31. The van der Waals surface area contributed by atoms with Crippen molar-refractivity contribution in [2.24, 2.45) is 0 Å². The van der Waals surface area contributed by atoms with E-state index in [9.17, 15) is 9.59 Å². The fourth-order valence-corrected chi connectivity index (χ4v) is 5.09. The second-order valence-electron chi connectivity index (χ2n) is 8.07. The van der Waals surface area contributed by atoms with Crippen LogP contribution in [0.5, 0.6) is 0 Å². The Morgan fingerprint density at radius 2 is 1.91 bits per heavy atom. The number of rotatable bonds is 4. The molecule has 2 aromatic carbocycles. The van der Waals surface area contributed by atoms with E-state index in [-0.39, 0.29) is 18.2 Å². The van der Waals surface area contributed by atoms with Crippen molar-refractivity contribution in [3.8, 4) is 0 Å². The highest BCUT2D eigenvalue weighted by Gasteiger charge is 2.25. The van der Waals surface area contributed by atoms with E-state index >= 15 is 0 Å². The number of benzene rings is 2. The van der Waals surface area contributed by atoms with Crippen LogP contribution in [0.4, 0.5) is 11.4 Å². The van der Waals surface area contributed by atoms with Gasteiger partial charge in [0.2, 0.25) is 5.91 Å². The molecule has 0 fully saturated rings. The molecule has 1 N–H and O–H groups in total. The predicted molar refractivity (Wildman–Crippen MR) is 133 cm³/mol. The Kier molecular flexibility index (Phi) is 5.79. The summed E-state index contributed by atoms with van der Waals surface area (Å²) in [4.78, 5) is 28.9. The van der Waals surface area contributed by atoms with Gasteiger partial charge in [0.1, 0.15) is 0 Å². The van der Waals surface area contributed by atoms with Crippen LogP contribution in [0, 0.1) is 6.92 Å². The number of nitrogens with one attached hydrogen (secondary N) is 1. The predicted octanol–water partition coefficient (Wildman–Crippen LogP) is 5.90. The quantitative estimate of drug-likeness (QED) is 0.399. The average molecular weight is 476 g/mol. The molecule has 1 aliphatic heterocycles. The average Bonchev–Trinajstić information content (AvgIpc) is 3.38. The first kappa shape index (κ1) is 21.5. The van der Waals surface area contributed by atoms with E-state index in [4.69, 9.17) is 11.6 Å². The summed E-state index contributed by atoms with van der Waals surface area (Å²) in [6.07, 6.45) is 2.32. The van der Waals surface area contributed by atoms with Crippen molar-refractivity contribution in [2.45, 2.75) is 26.4 Å². The topological polar surface area (TPSA) is 54.3 Å². The lowest BCUT2D eigenvalue weighted by molar-refractivity contribution is -0.115. The van der Waals surface area contributed by atoms with Gasteiger partial charge in [0.25, 0.3) is 5.91 Å². The van der Waals surface area contributed by atoms with E-state index < -0.39 is 0 Å². The summed E-state index contributed by atoms with van der Waals surface area (Å²) in [5.74, 6) is -0.273. The van der Waals surface area contributed by atoms with Gasteiger partial charge < -0.3 is 14.8 Å². The SMILES string of the molecule is Cc1sccc1CC(=O)Nc1ccc(C(=O)N2Cc3cccn3Cc3ccccc32)cc1Cl. The number of amides is 2. The van der Waals surface area contributed by atoms with Gasteiger partial charge in [-0.05, 0) is 65.9 Å². The van der Waals surface area contributed by atoms with Gasteiger partial charge in [-0.15, -0.1) is 11.3 Å². The monoisotopic (exact) mass is 475 g/mol. The molecule has 0 atom stereocenters. The molecule has 0 bridgehead atoms. The van der Waals surface area contributed by atoms with Gasteiger partial charge >= 0.3 is 0 Å². The van der Waals surface area contributed by atoms with Crippen LogP contribution in [-0.2, 0) is 24.3 Å². The van der Waals surface area contributed by atoms with Crippen molar-refractivity contribution >= 4 is 46.1 Å². The summed E-state index contributed by atoms with van der Waals surface area (Å²) in [5, 5.41) is 5.17. The van der Waals surface area contributed by atoms with Crippen LogP contribution < -0.4 is 10.2 Å². The number of fused-ring (bicyclic) bond motifs is 2. The Hall–Kier alpha value is -3.35. The molecule has 0 unspecified atom stereocenters. The number of aryl methyl sites for hydroxylation is 1. The van der Waals surface area contributed by atoms with Crippen molar-refractivity contribution in [3.63, 3.8) is 0 Å². The minimum Gasteiger partial charge on any atom is -0.345 e. The van der Waals surface area contributed by atoms with Crippen LogP contribution in [0.25, 0.3) is 0 Å². The highest BCUT2D eigenvalue weighted by molar-refractivity contribution is 7.10. The number of thiophene rings is 1. The second kappa shape index (κ2) is 8.89. The minimum atomic E-state index is -0.139. The van der Waals surface area contributed by atoms with Gasteiger partial charge in [0.15, 0.2) is 0 Å². The lowest BCUT2D eigenvalue weighted by Gasteiger charge is -2.23. The van der Waals surface area contributed by atoms with Gasteiger partial charge in [0.05, 0.1) is 23.7 Å². The zero-order valence-electron chi connectivity index (χ0n) is 18.0. The first-order valence-corrected chi connectivity index (χ1v) is 11.9. The molecule has 33 heavy (non-hydrogen) atoms. The number of hydrogen-bond acceptors (Lipinski definition) is 3. The molecule has 3 heterocycles. The third-order valence-electron chi connectivity index (χ3n) is 5.92. The van der Waals surface area contributed by atoms with Crippen molar-refractivity contribution in [3.05, 3.63) is 105 Å². The number of aromatic nitrogens is 1. The molecule has 0 saturated carbocycles. The molecule has 0 saturated heterocycles. The Morgan fingerprint density at radius 1 is 1.06 bits per heavy atom. The van der Waals surface area contributed by atoms with E-state index in [1.54, 1.807) is 34.4 Å². The summed E-state index contributed by atoms with van der Waals surface area (Å²) in [6, 6.07) is 19.0. The Morgan fingerprint density at radius 3 is 2.70 bits per heavy atom. The normalized spacial score (nSPS) is 12.6. The van der Waals surface area contributed by atoms with Crippen LogP contribution in [0.3, 0.4) is 0 Å². The van der Waals surface area contributed by atoms with Crippen LogP contribution in [0.15, 0.2) is 72.2 Å². The fourth-order valence-electron chi connectivity index (χ4n) is 4.13. The smallest absolute Gasteiger partial charge is 0.258 e. The molecular weight excluding hydrogens is 454 g/mol. The number of nitrogens with zero attached hydrogens (tertiary/aromatic N) is 2. The van der Waals surface area contributed by atoms with Crippen LogP contribution in [0.1, 0.15) is 32.1 Å². The largest absolute Gasteiger partial charge is 0.345 e. The molecule has 4 aromatic rings. The van der Waals surface area contributed by atoms with Gasteiger partial charge in [-0.2, -0.15) is 0 Å². The summed E-state index contributed by atoms with van der Waals surface area (Å²) >= 11 is 8.10. The van der Waals surface area contributed by atoms with E-state index in [0.29, 0.717) is 22.8 Å². The Balaban J connectivity index is 1.38. The third-order valence-corrected chi connectivity index (χ3v) is 7.12. The van der Waals surface area contributed by atoms with Crippen molar-refractivity contribution in [1.82, 2.24) is 4.57 Å². The molecular formula is C26H22ClN3O2S. The molecule has 0 aliphatic carbocycles. The number of hydrogen-bond donors (Lipinski definition) is 1. The maximum Gasteiger partial charge on any atom is 0.258 e. The highest BCUT2D eigenvalue weighted by atomic mass is 35.5. The van der Waals surface area contributed by atoms with Gasteiger partial charge in [0, 0.05) is 34.6 Å². The maximum absolute atomic E-state index is 13.6. The van der Waals surface area contributed by atoms with E-state index in [2.05, 4.69) is 9.88 Å². The molecule has 2 amide bonds.